The second-order valence-corrected chi connectivity index (χ2v) is 5.75. The van der Waals surface area contributed by atoms with E-state index in [1.165, 1.54) is 42.1 Å². The number of fused-ring (bicyclic) bond motifs is 1. The van der Waals surface area contributed by atoms with Crippen molar-refractivity contribution in [1.82, 2.24) is 4.57 Å². The Balaban J connectivity index is 2.02. The lowest BCUT2D eigenvalue weighted by Crippen LogP contribution is -1.99. The highest BCUT2D eigenvalue weighted by Gasteiger charge is 2.07. The fraction of sp³-hybridized carbons (Fsp3) is 0.474. The first-order valence-corrected chi connectivity index (χ1v) is 8.24. The van der Waals surface area contributed by atoms with E-state index in [0.29, 0.717) is 0 Å². The Morgan fingerprint density at radius 3 is 2.71 bits per heavy atom. The lowest BCUT2D eigenvalue weighted by Gasteiger charge is -2.04. The van der Waals surface area contributed by atoms with Crippen molar-refractivity contribution in [2.75, 3.05) is 6.54 Å². The van der Waals surface area contributed by atoms with Crippen LogP contribution in [-0.2, 0) is 13.0 Å². The minimum atomic E-state index is 0.794. The zero-order valence-corrected chi connectivity index (χ0v) is 13.1. The van der Waals surface area contributed by atoms with Crippen molar-refractivity contribution in [2.45, 2.75) is 51.5 Å². The zero-order valence-electron chi connectivity index (χ0n) is 13.1. The van der Waals surface area contributed by atoms with Crippen molar-refractivity contribution in [3.63, 3.8) is 0 Å². The minimum absolute atomic E-state index is 0.794. The summed E-state index contributed by atoms with van der Waals surface area (Å²) in [6.07, 6.45) is 12.7. The molecule has 114 valence electrons. The van der Waals surface area contributed by atoms with Gasteiger partial charge in [0.2, 0.25) is 0 Å². The molecule has 0 fully saturated rings. The molecule has 0 aliphatic heterocycles. The molecule has 0 bridgehead atoms. The predicted molar refractivity (Wildman–Crippen MR) is 92.6 cm³/mol. The summed E-state index contributed by atoms with van der Waals surface area (Å²) in [4.78, 5) is 0. The molecule has 2 nitrogen and oxygen atoms in total. The summed E-state index contributed by atoms with van der Waals surface area (Å²) in [6, 6.07) is 8.77. The van der Waals surface area contributed by atoms with E-state index < -0.39 is 0 Å². The molecular formula is C19H28N2. The van der Waals surface area contributed by atoms with Crippen LogP contribution in [0.3, 0.4) is 0 Å². The first kappa shape index (κ1) is 15.8. The Hall–Kier alpha value is -1.54. The minimum Gasteiger partial charge on any atom is -0.347 e. The van der Waals surface area contributed by atoms with Crippen LogP contribution < -0.4 is 5.73 Å². The van der Waals surface area contributed by atoms with Crippen molar-refractivity contribution in [3.05, 3.63) is 48.7 Å². The summed E-state index contributed by atoms with van der Waals surface area (Å²) in [6.45, 7) is 5.70. The van der Waals surface area contributed by atoms with Gasteiger partial charge in [-0.25, -0.2) is 0 Å². The van der Waals surface area contributed by atoms with E-state index in [2.05, 4.69) is 41.6 Å². The molecule has 2 N–H and O–H groups in total. The van der Waals surface area contributed by atoms with E-state index in [9.17, 15) is 0 Å². The summed E-state index contributed by atoms with van der Waals surface area (Å²) in [5.41, 5.74) is 8.46. The number of hydrogen-bond donors (Lipinski definition) is 1. The second kappa shape index (κ2) is 8.68. The molecule has 0 atom stereocenters. The number of rotatable bonds is 10. The Morgan fingerprint density at radius 2 is 1.90 bits per heavy atom. The number of benzene rings is 1. The van der Waals surface area contributed by atoms with Crippen LogP contribution in [0.2, 0.25) is 0 Å². The van der Waals surface area contributed by atoms with Gasteiger partial charge >= 0.3 is 0 Å². The maximum atomic E-state index is 5.60. The maximum absolute atomic E-state index is 5.60. The van der Waals surface area contributed by atoms with Crippen LogP contribution in [0.25, 0.3) is 10.9 Å². The molecule has 2 aromatic rings. The molecule has 1 heterocycles. The molecule has 2 rings (SSSR count). The van der Waals surface area contributed by atoms with Gasteiger partial charge in [0.15, 0.2) is 0 Å². The number of aromatic nitrogens is 1. The summed E-state index contributed by atoms with van der Waals surface area (Å²) in [7, 11) is 0. The Bertz CT molecular complexity index is 554. The molecule has 1 aromatic heterocycles. The Labute approximate surface area is 128 Å². The largest absolute Gasteiger partial charge is 0.347 e. The van der Waals surface area contributed by atoms with Crippen molar-refractivity contribution in [2.24, 2.45) is 5.73 Å². The van der Waals surface area contributed by atoms with Gasteiger partial charge in [-0.1, -0.05) is 30.7 Å². The SMILES string of the molecule is C=CCCCCCn1cc(CCCCN)c2ccccc21. The average molecular weight is 284 g/mol. The Morgan fingerprint density at radius 1 is 1.05 bits per heavy atom. The Kier molecular flexibility index (Phi) is 6.55. The fourth-order valence-corrected chi connectivity index (χ4v) is 2.91. The van der Waals surface area contributed by atoms with Crippen LogP contribution in [-0.4, -0.2) is 11.1 Å². The summed E-state index contributed by atoms with van der Waals surface area (Å²) < 4.78 is 2.43. The monoisotopic (exact) mass is 284 g/mol. The average Bonchev–Trinajstić information content (AvgIpc) is 2.86. The van der Waals surface area contributed by atoms with Crippen LogP contribution >= 0.6 is 0 Å². The fourth-order valence-electron chi connectivity index (χ4n) is 2.91. The lowest BCUT2D eigenvalue weighted by molar-refractivity contribution is 0.601. The summed E-state index contributed by atoms with van der Waals surface area (Å²) >= 11 is 0. The van der Waals surface area contributed by atoms with Gasteiger partial charge in [0, 0.05) is 23.6 Å². The number of nitrogens with two attached hydrogens (primary N) is 1. The first-order valence-electron chi connectivity index (χ1n) is 8.24. The van der Waals surface area contributed by atoms with E-state index >= 15 is 0 Å². The zero-order chi connectivity index (χ0) is 14.9. The first-order chi connectivity index (χ1) is 10.4. The molecule has 0 aliphatic rings. The van der Waals surface area contributed by atoms with E-state index in [-0.39, 0.29) is 0 Å². The molecule has 0 saturated heterocycles. The van der Waals surface area contributed by atoms with Gasteiger partial charge in [-0.05, 0) is 56.7 Å². The van der Waals surface area contributed by atoms with Gasteiger partial charge in [-0.2, -0.15) is 0 Å². The van der Waals surface area contributed by atoms with Gasteiger partial charge in [-0.3, -0.25) is 0 Å². The number of unbranched alkanes of at least 4 members (excludes halogenated alkanes) is 4. The number of nitrogens with zero attached hydrogens (tertiary/aromatic N) is 1. The van der Waals surface area contributed by atoms with Crippen molar-refractivity contribution < 1.29 is 0 Å². The third kappa shape index (κ3) is 4.47. The molecule has 0 saturated carbocycles. The van der Waals surface area contributed by atoms with Crippen molar-refractivity contribution in [3.8, 4) is 0 Å². The predicted octanol–water partition coefficient (Wildman–Crippen LogP) is 4.67. The molecule has 0 spiro atoms. The van der Waals surface area contributed by atoms with E-state index in [1.807, 2.05) is 6.08 Å². The highest BCUT2D eigenvalue weighted by atomic mass is 15.0. The summed E-state index contributed by atoms with van der Waals surface area (Å²) in [5.74, 6) is 0. The van der Waals surface area contributed by atoms with Crippen LogP contribution in [0.4, 0.5) is 0 Å². The van der Waals surface area contributed by atoms with Gasteiger partial charge in [-0.15, -0.1) is 6.58 Å². The molecular weight excluding hydrogens is 256 g/mol. The maximum Gasteiger partial charge on any atom is 0.0483 e. The van der Waals surface area contributed by atoms with Gasteiger partial charge in [0.1, 0.15) is 0 Å². The van der Waals surface area contributed by atoms with Crippen molar-refractivity contribution in [1.29, 1.82) is 0 Å². The standard InChI is InChI=1S/C19H28N2/c1-2-3-4-5-10-15-21-16-17(11-8-9-14-20)18-12-6-7-13-19(18)21/h2,6-7,12-13,16H,1,3-5,8-11,14-15,20H2. The quantitative estimate of drug-likeness (QED) is 0.499. The van der Waals surface area contributed by atoms with Crippen molar-refractivity contribution >= 4 is 10.9 Å². The topological polar surface area (TPSA) is 30.9 Å². The molecule has 0 aliphatic carbocycles. The normalized spacial score (nSPS) is 11.1. The molecule has 0 amide bonds. The number of aryl methyl sites for hydroxylation is 2. The smallest absolute Gasteiger partial charge is 0.0483 e. The van der Waals surface area contributed by atoms with Crippen LogP contribution in [0.15, 0.2) is 43.1 Å². The lowest BCUT2D eigenvalue weighted by atomic mass is 10.1. The highest BCUT2D eigenvalue weighted by Crippen LogP contribution is 2.23. The molecule has 21 heavy (non-hydrogen) atoms. The van der Waals surface area contributed by atoms with Crippen LogP contribution in [0.1, 0.15) is 44.1 Å². The number of hydrogen-bond acceptors (Lipinski definition) is 1. The highest BCUT2D eigenvalue weighted by molar-refractivity contribution is 5.83. The number of allylic oxidation sites excluding steroid dienone is 1. The third-order valence-corrected chi connectivity index (χ3v) is 4.08. The number of para-hydroxylation sites is 1. The van der Waals surface area contributed by atoms with E-state index in [1.54, 1.807) is 0 Å². The van der Waals surface area contributed by atoms with Crippen LogP contribution in [0.5, 0.6) is 0 Å². The van der Waals surface area contributed by atoms with Gasteiger partial charge < -0.3 is 10.3 Å². The van der Waals surface area contributed by atoms with Gasteiger partial charge in [0.25, 0.3) is 0 Å². The molecule has 0 unspecified atom stereocenters. The molecule has 1 aromatic carbocycles. The third-order valence-electron chi connectivity index (χ3n) is 4.08. The van der Waals surface area contributed by atoms with Crippen LogP contribution in [0, 0.1) is 0 Å². The second-order valence-electron chi connectivity index (χ2n) is 5.75. The molecule has 0 radical (unpaired) electrons. The molecule has 2 heteroatoms. The van der Waals surface area contributed by atoms with E-state index in [0.717, 1.165) is 32.4 Å². The van der Waals surface area contributed by atoms with E-state index in [4.69, 9.17) is 5.73 Å². The summed E-state index contributed by atoms with van der Waals surface area (Å²) in [5, 5.41) is 1.42. The van der Waals surface area contributed by atoms with Gasteiger partial charge in [0.05, 0.1) is 0 Å².